The summed E-state index contributed by atoms with van der Waals surface area (Å²) >= 11 is 0. The van der Waals surface area contributed by atoms with Gasteiger partial charge in [0.05, 0.1) is 13.0 Å². The lowest BCUT2D eigenvalue weighted by Gasteiger charge is -2.34. The summed E-state index contributed by atoms with van der Waals surface area (Å²) in [4.78, 5) is 27.2. The maximum absolute atomic E-state index is 12.2. The van der Waals surface area contributed by atoms with Crippen molar-refractivity contribution in [2.45, 2.75) is 13.3 Å². The molecule has 5 heteroatoms. The van der Waals surface area contributed by atoms with Gasteiger partial charge in [-0.15, -0.1) is 0 Å². The maximum Gasteiger partial charge on any atom is 0.236 e. The van der Waals surface area contributed by atoms with Crippen LogP contribution in [0.2, 0.25) is 0 Å². The summed E-state index contributed by atoms with van der Waals surface area (Å²) in [5, 5.41) is 0. The van der Waals surface area contributed by atoms with Crippen molar-refractivity contribution in [2.75, 3.05) is 32.7 Å². The number of piperazine rings is 1. The standard InChI is InChI=1S/C15H21N3O2/c1-12-2-4-13(5-3-12)10-14(19)17-6-8-18(9-7-17)15(20)11-16/h2-5H,6-11,16H2,1H3. The maximum atomic E-state index is 12.2. The van der Waals surface area contributed by atoms with Crippen LogP contribution in [0.1, 0.15) is 11.1 Å². The lowest BCUT2D eigenvalue weighted by Crippen LogP contribution is -2.52. The monoisotopic (exact) mass is 275 g/mol. The Balaban J connectivity index is 1.85. The van der Waals surface area contributed by atoms with Crippen LogP contribution in [0, 0.1) is 6.92 Å². The molecule has 0 spiro atoms. The van der Waals surface area contributed by atoms with Gasteiger partial charge >= 0.3 is 0 Å². The molecule has 0 aromatic heterocycles. The van der Waals surface area contributed by atoms with E-state index in [1.54, 1.807) is 4.90 Å². The topological polar surface area (TPSA) is 66.6 Å². The van der Waals surface area contributed by atoms with Crippen LogP contribution in [0.4, 0.5) is 0 Å². The Morgan fingerprint density at radius 3 is 2.00 bits per heavy atom. The molecule has 5 nitrogen and oxygen atoms in total. The number of rotatable bonds is 3. The van der Waals surface area contributed by atoms with Gasteiger partial charge in [-0.3, -0.25) is 9.59 Å². The number of amides is 2. The van der Waals surface area contributed by atoms with E-state index in [9.17, 15) is 9.59 Å². The first-order valence-electron chi connectivity index (χ1n) is 6.91. The molecule has 0 unspecified atom stereocenters. The van der Waals surface area contributed by atoms with Gasteiger partial charge in [0.2, 0.25) is 11.8 Å². The summed E-state index contributed by atoms with van der Waals surface area (Å²) in [6, 6.07) is 8.00. The van der Waals surface area contributed by atoms with Crippen LogP contribution < -0.4 is 5.73 Å². The van der Waals surface area contributed by atoms with Crippen LogP contribution in [0.15, 0.2) is 24.3 Å². The minimum atomic E-state index is -0.0457. The average molecular weight is 275 g/mol. The summed E-state index contributed by atoms with van der Waals surface area (Å²) in [5.41, 5.74) is 7.56. The van der Waals surface area contributed by atoms with Gasteiger partial charge in [0, 0.05) is 26.2 Å². The fourth-order valence-electron chi connectivity index (χ4n) is 2.33. The zero-order chi connectivity index (χ0) is 14.5. The molecule has 1 aliphatic rings. The largest absolute Gasteiger partial charge is 0.339 e. The highest BCUT2D eigenvalue weighted by Gasteiger charge is 2.23. The van der Waals surface area contributed by atoms with E-state index in [0.29, 0.717) is 32.6 Å². The van der Waals surface area contributed by atoms with Gasteiger partial charge in [-0.1, -0.05) is 29.8 Å². The fraction of sp³-hybridized carbons (Fsp3) is 0.467. The number of carbonyl (C=O) groups is 2. The first-order chi connectivity index (χ1) is 9.60. The van der Waals surface area contributed by atoms with Crippen molar-refractivity contribution in [1.82, 2.24) is 9.80 Å². The third kappa shape index (κ3) is 3.57. The van der Waals surface area contributed by atoms with Gasteiger partial charge in [-0.05, 0) is 12.5 Å². The molecule has 0 radical (unpaired) electrons. The van der Waals surface area contributed by atoms with E-state index in [1.807, 2.05) is 36.1 Å². The van der Waals surface area contributed by atoms with E-state index in [4.69, 9.17) is 5.73 Å². The molecule has 1 heterocycles. The third-order valence-electron chi connectivity index (χ3n) is 3.64. The molecular weight excluding hydrogens is 254 g/mol. The summed E-state index contributed by atoms with van der Waals surface area (Å²) in [7, 11) is 0. The van der Waals surface area contributed by atoms with E-state index in [1.165, 1.54) is 5.56 Å². The molecule has 1 aromatic carbocycles. The van der Waals surface area contributed by atoms with Crippen LogP contribution in [0.5, 0.6) is 0 Å². The Bertz CT molecular complexity index is 476. The molecule has 1 fully saturated rings. The van der Waals surface area contributed by atoms with Crippen molar-refractivity contribution >= 4 is 11.8 Å². The average Bonchev–Trinajstić information content (AvgIpc) is 2.49. The van der Waals surface area contributed by atoms with E-state index >= 15 is 0 Å². The molecule has 1 aliphatic heterocycles. The van der Waals surface area contributed by atoms with Gasteiger partial charge in [-0.2, -0.15) is 0 Å². The van der Waals surface area contributed by atoms with Crippen LogP contribution in [-0.4, -0.2) is 54.3 Å². The zero-order valence-corrected chi connectivity index (χ0v) is 11.8. The molecule has 108 valence electrons. The number of hydrogen-bond acceptors (Lipinski definition) is 3. The Hall–Kier alpha value is -1.88. The van der Waals surface area contributed by atoms with E-state index < -0.39 is 0 Å². The quantitative estimate of drug-likeness (QED) is 0.855. The van der Waals surface area contributed by atoms with Gasteiger partial charge in [0.15, 0.2) is 0 Å². The first-order valence-corrected chi connectivity index (χ1v) is 6.91. The Labute approximate surface area is 119 Å². The number of nitrogens with zero attached hydrogens (tertiary/aromatic N) is 2. The highest BCUT2D eigenvalue weighted by atomic mass is 16.2. The van der Waals surface area contributed by atoms with Crippen molar-refractivity contribution in [3.05, 3.63) is 35.4 Å². The van der Waals surface area contributed by atoms with Gasteiger partial charge in [0.25, 0.3) is 0 Å². The summed E-state index contributed by atoms with van der Waals surface area (Å²) in [6.07, 6.45) is 0.422. The van der Waals surface area contributed by atoms with Crippen molar-refractivity contribution < 1.29 is 9.59 Å². The summed E-state index contributed by atoms with van der Waals surface area (Å²) in [6.45, 7) is 4.41. The predicted octanol–water partition coefficient (Wildman–Crippen LogP) is 0.167. The van der Waals surface area contributed by atoms with Gasteiger partial charge < -0.3 is 15.5 Å². The zero-order valence-electron chi connectivity index (χ0n) is 11.8. The van der Waals surface area contributed by atoms with E-state index in [2.05, 4.69) is 0 Å². The third-order valence-corrected chi connectivity index (χ3v) is 3.64. The van der Waals surface area contributed by atoms with Gasteiger partial charge in [0.1, 0.15) is 0 Å². The number of carbonyl (C=O) groups excluding carboxylic acids is 2. The molecule has 0 atom stereocenters. The first kappa shape index (κ1) is 14.5. The predicted molar refractivity (Wildman–Crippen MR) is 77.1 cm³/mol. The van der Waals surface area contributed by atoms with Crippen molar-refractivity contribution in [3.8, 4) is 0 Å². The Morgan fingerprint density at radius 2 is 1.50 bits per heavy atom. The highest BCUT2D eigenvalue weighted by molar-refractivity contribution is 5.80. The number of nitrogens with two attached hydrogens (primary N) is 1. The van der Waals surface area contributed by atoms with Crippen LogP contribution >= 0.6 is 0 Å². The molecule has 0 aliphatic carbocycles. The van der Waals surface area contributed by atoms with Gasteiger partial charge in [-0.25, -0.2) is 0 Å². The fourth-order valence-corrected chi connectivity index (χ4v) is 2.33. The second-order valence-electron chi connectivity index (χ2n) is 5.13. The van der Waals surface area contributed by atoms with Crippen molar-refractivity contribution in [3.63, 3.8) is 0 Å². The Kier molecular flexibility index (Phi) is 4.74. The lowest BCUT2D eigenvalue weighted by molar-refractivity contribution is -0.138. The molecule has 0 saturated carbocycles. The van der Waals surface area contributed by atoms with Crippen molar-refractivity contribution in [2.24, 2.45) is 5.73 Å². The molecule has 0 bridgehead atoms. The molecule has 1 aromatic rings. The molecule has 2 rings (SSSR count). The van der Waals surface area contributed by atoms with Crippen LogP contribution in [0.3, 0.4) is 0 Å². The molecule has 20 heavy (non-hydrogen) atoms. The molecule has 2 N–H and O–H groups in total. The smallest absolute Gasteiger partial charge is 0.236 e. The second kappa shape index (κ2) is 6.52. The second-order valence-corrected chi connectivity index (χ2v) is 5.13. The minimum Gasteiger partial charge on any atom is -0.339 e. The molecule has 1 saturated heterocycles. The van der Waals surface area contributed by atoms with E-state index in [-0.39, 0.29) is 18.4 Å². The van der Waals surface area contributed by atoms with Crippen molar-refractivity contribution in [1.29, 1.82) is 0 Å². The number of aryl methyl sites for hydroxylation is 1. The van der Waals surface area contributed by atoms with Crippen LogP contribution in [0.25, 0.3) is 0 Å². The summed E-state index contributed by atoms with van der Waals surface area (Å²) < 4.78 is 0. The van der Waals surface area contributed by atoms with Crippen LogP contribution in [-0.2, 0) is 16.0 Å². The molecular formula is C15H21N3O2. The SMILES string of the molecule is Cc1ccc(CC(=O)N2CCN(C(=O)CN)CC2)cc1. The minimum absolute atomic E-state index is 0.0390. The highest BCUT2D eigenvalue weighted by Crippen LogP contribution is 2.08. The lowest BCUT2D eigenvalue weighted by atomic mass is 10.1. The Morgan fingerprint density at radius 1 is 1.00 bits per heavy atom. The normalized spacial score (nSPS) is 15.3. The molecule has 2 amide bonds. The number of benzene rings is 1. The summed E-state index contributed by atoms with van der Waals surface area (Å²) in [5.74, 6) is 0.0735. The number of hydrogen-bond donors (Lipinski definition) is 1. The van der Waals surface area contributed by atoms with E-state index in [0.717, 1.165) is 5.56 Å².